The van der Waals surface area contributed by atoms with E-state index in [4.69, 9.17) is 25.8 Å². The van der Waals surface area contributed by atoms with Gasteiger partial charge in [-0.15, -0.1) is 0 Å². The second-order valence-electron chi connectivity index (χ2n) is 8.29. The van der Waals surface area contributed by atoms with Gasteiger partial charge in [0.15, 0.2) is 17.2 Å². The highest BCUT2D eigenvalue weighted by molar-refractivity contribution is 14.1. The van der Waals surface area contributed by atoms with Gasteiger partial charge in [-0.1, -0.05) is 49.7 Å². The first-order valence-corrected chi connectivity index (χ1v) is 12.8. The molecule has 0 saturated carbocycles. The number of nitrogens with zero attached hydrogens (tertiary/aromatic N) is 1. The van der Waals surface area contributed by atoms with E-state index < -0.39 is 5.97 Å². The van der Waals surface area contributed by atoms with Gasteiger partial charge in [0.25, 0.3) is 0 Å². The van der Waals surface area contributed by atoms with Gasteiger partial charge in [-0.3, -0.25) is 0 Å². The number of ether oxygens (including phenoxy) is 3. The van der Waals surface area contributed by atoms with E-state index in [-0.39, 0.29) is 11.6 Å². The quantitative estimate of drug-likeness (QED) is 0.154. The SMILES string of the molecule is CCOc1cc(/C=C2\N=C(c3ccc(C(C)C)cc3)OC2=O)cc(Cl)c1OCc1ccc(I)cc1. The highest BCUT2D eigenvalue weighted by atomic mass is 127. The van der Waals surface area contributed by atoms with E-state index in [0.29, 0.717) is 41.2 Å². The standard InChI is InChI=1S/C28H25ClINO4/c1-4-33-25-15-19(13-23(29)26(25)34-16-18-5-11-22(30)12-6-18)14-24-28(32)35-27(31-24)21-9-7-20(8-10-21)17(2)3/h5-15,17H,4,16H2,1-3H3/b24-14-. The lowest BCUT2D eigenvalue weighted by atomic mass is 10.0. The minimum Gasteiger partial charge on any atom is -0.490 e. The van der Waals surface area contributed by atoms with Crippen molar-refractivity contribution in [2.75, 3.05) is 6.61 Å². The van der Waals surface area contributed by atoms with Crippen LogP contribution < -0.4 is 9.47 Å². The molecule has 3 aromatic rings. The van der Waals surface area contributed by atoms with Crippen molar-refractivity contribution in [3.63, 3.8) is 0 Å². The summed E-state index contributed by atoms with van der Waals surface area (Å²) in [6, 6.07) is 19.4. The average Bonchev–Trinajstić information content (AvgIpc) is 3.20. The summed E-state index contributed by atoms with van der Waals surface area (Å²) in [6.07, 6.45) is 1.63. The van der Waals surface area contributed by atoms with Crippen molar-refractivity contribution in [1.82, 2.24) is 0 Å². The van der Waals surface area contributed by atoms with Crippen molar-refractivity contribution in [2.24, 2.45) is 4.99 Å². The zero-order valence-electron chi connectivity index (χ0n) is 19.7. The number of halogens is 2. The summed E-state index contributed by atoms with van der Waals surface area (Å²) in [5, 5.41) is 0.383. The van der Waals surface area contributed by atoms with Crippen LogP contribution in [0, 0.1) is 3.57 Å². The number of benzene rings is 3. The maximum atomic E-state index is 12.5. The molecule has 0 atom stereocenters. The van der Waals surface area contributed by atoms with Crippen molar-refractivity contribution in [3.8, 4) is 11.5 Å². The van der Waals surface area contributed by atoms with Crippen LogP contribution in [0.2, 0.25) is 5.02 Å². The molecule has 0 N–H and O–H groups in total. The largest absolute Gasteiger partial charge is 0.490 e. The van der Waals surface area contributed by atoms with Crippen molar-refractivity contribution in [2.45, 2.75) is 33.3 Å². The zero-order chi connectivity index (χ0) is 24.9. The Hall–Kier alpha value is -2.84. The Morgan fingerprint density at radius 1 is 1.06 bits per heavy atom. The first kappa shape index (κ1) is 25.3. The number of carbonyl (C=O) groups excluding carboxylic acids is 1. The summed E-state index contributed by atoms with van der Waals surface area (Å²) in [4.78, 5) is 16.9. The molecule has 0 amide bonds. The Bertz CT molecular complexity index is 1280. The number of aliphatic imine (C=N–C) groups is 1. The van der Waals surface area contributed by atoms with Crippen LogP contribution in [0.15, 0.2) is 71.4 Å². The van der Waals surface area contributed by atoms with Gasteiger partial charge in [0.05, 0.1) is 11.6 Å². The summed E-state index contributed by atoms with van der Waals surface area (Å²) in [6.45, 7) is 6.93. The topological polar surface area (TPSA) is 57.1 Å². The molecule has 0 unspecified atom stereocenters. The van der Waals surface area contributed by atoms with E-state index in [1.165, 1.54) is 5.56 Å². The number of cyclic esters (lactones) is 1. The molecule has 0 spiro atoms. The van der Waals surface area contributed by atoms with Crippen LogP contribution in [0.25, 0.3) is 6.08 Å². The summed E-state index contributed by atoms with van der Waals surface area (Å²) < 4.78 is 18.3. The Balaban J connectivity index is 1.58. The first-order valence-electron chi connectivity index (χ1n) is 11.3. The predicted molar refractivity (Wildman–Crippen MR) is 147 cm³/mol. The predicted octanol–water partition coefficient (Wildman–Crippen LogP) is 7.39. The van der Waals surface area contributed by atoms with Gasteiger partial charge >= 0.3 is 5.97 Å². The normalized spacial score (nSPS) is 14.3. The Kier molecular flexibility index (Phi) is 8.13. The second kappa shape index (κ2) is 11.3. The van der Waals surface area contributed by atoms with Crippen molar-refractivity contribution in [3.05, 3.63) is 97.2 Å². The summed E-state index contributed by atoms with van der Waals surface area (Å²) in [5.41, 5.74) is 3.83. The molecule has 0 fully saturated rings. The molecule has 4 rings (SSSR count). The van der Waals surface area contributed by atoms with Gasteiger partial charge in [0, 0.05) is 9.13 Å². The first-order chi connectivity index (χ1) is 16.8. The molecule has 7 heteroatoms. The molecular weight excluding hydrogens is 577 g/mol. The minimum absolute atomic E-state index is 0.194. The molecule has 0 saturated heterocycles. The Morgan fingerprint density at radius 2 is 1.77 bits per heavy atom. The molecule has 0 bridgehead atoms. The highest BCUT2D eigenvalue weighted by Gasteiger charge is 2.24. The molecule has 3 aromatic carbocycles. The highest BCUT2D eigenvalue weighted by Crippen LogP contribution is 2.38. The molecule has 35 heavy (non-hydrogen) atoms. The molecule has 0 aliphatic carbocycles. The zero-order valence-corrected chi connectivity index (χ0v) is 22.6. The van der Waals surface area contributed by atoms with E-state index in [1.54, 1.807) is 18.2 Å². The number of hydrogen-bond acceptors (Lipinski definition) is 5. The van der Waals surface area contributed by atoms with Crippen LogP contribution in [0.5, 0.6) is 11.5 Å². The molecule has 0 radical (unpaired) electrons. The monoisotopic (exact) mass is 601 g/mol. The summed E-state index contributed by atoms with van der Waals surface area (Å²) in [5.74, 6) is 1.14. The third kappa shape index (κ3) is 6.24. The fourth-order valence-electron chi connectivity index (χ4n) is 3.51. The molecule has 1 heterocycles. The van der Waals surface area contributed by atoms with Gasteiger partial charge in [0.2, 0.25) is 5.90 Å². The van der Waals surface area contributed by atoms with E-state index in [9.17, 15) is 4.79 Å². The van der Waals surface area contributed by atoms with Crippen LogP contribution in [0.4, 0.5) is 0 Å². The van der Waals surface area contributed by atoms with Crippen molar-refractivity contribution < 1.29 is 19.0 Å². The van der Waals surface area contributed by atoms with E-state index in [0.717, 1.165) is 14.7 Å². The van der Waals surface area contributed by atoms with Crippen LogP contribution in [0.1, 0.15) is 48.9 Å². The second-order valence-corrected chi connectivity index (χ2v) is 9.94. The maximum Gasteiger partial charge on any atom is 0.363 e. The molecule has 0 aromatic heterocycles. The van der Waals surface area contributed by atoms with Gasteiger partial charge in [-0.25, -0.2) is 9.79 Å². The minimum atomic E-state index is -0.513. The van der Waals surface area contributed by atoms with E-state index in [2.05, 4.69) is 41.4 Å². The van der Waals surface area contributed by atoms with Gasteiger partial charge in [-0.05, 0) is 94.6 Å². The number of rotatable bonds is 8. The summed E-state index contributed by atoms with van der Waals surface area (Å²) in [7, 11) is 0. The molecule has 5 nitrogen and oxygen atoms in total. The van der Waals surface area contributed by atoms with Gasteiger partial charge in [-0.2, -0.15) is 0 Å². The van der Waals surface area contributed by atoms with E-state index in [1.807, 2.05) is 55.5 Å². The van der Waals surface area contributed by atoms with Crippen molar-refractivity contribution >= 4 is 52.1 Å². The molecular formula is C28H25ClINO4. The van der Waals surface area contributed by atoms with E-state index >= 15 is 0 Å². The van der Waals surface area contributed by atoms with Crippen LogP contribution in [-0.4, -0.2) is 18.5 Å². The summed E-state index contributed by atoms with van der Waals surface area (Å²) >= 11 is 8.82. The van der Waals surface area contributed by atoms with Gasteiger partial charge < -0.3 is 14.2 Å². The third-order valence-corrected chi connectivity index (χ3v) is 6.38. The smallest absolute Gasteiger partial charge is 0.363 e. The molecule has 1 aliphatic heterocycles. The van der Waals surface area contributed by atoms with Gasteiger partial charge in [0.1, 0.15) is 6.61 Å². The fraction of sp³-hybridized carbons (Fsp3) is 0.214. The van der Waals surface area contributed by atoms with Crippen LogP contribution >= 0.6 is 34.2 Å². The third-order valence-electron chi connectivity index (χ3n) is 5.38. The number of carbonyl (C=O) groups is 1. The average molecular weight is 602 g/mol. The molecule has 180 valence electrons. The van der Waals surface area contributed by atoms with Crippen molar-refractivity contribution in [1.29, 1.82) is 0 Å². The van der Waals surface area contributed by atoms with Crippen LogP contribution in [0.3, 0.4) is 0 Å². The lowest BCUT2D eigenvalue weighted by molar-refractivity contribution is -0.129. The lowest BCUT2D eigenvalue weighted by Gasteiger charge is -2.14. The fourth-order valence-corrected chi connectivity index (χ4v) is 4.14. The lowest BCUT2D eigenvalue weighted by Crippen LogP contribution is -2.05. The maximum absolute atomic E-state index is 12.5. The molecule has 1 aliphatic rings. The Labute approximate surface area is 223 Å². The number of esters is 1. The Morgan fingerprint density at radius 3 is 2.43 bits per heavy atom. The van der Waals surface area contributed by atoms with Crippen LogP contribution in [-0.2, 0) is 16.1 Å². The number of hydrogen-bond donors (Lipinski definition) is 0.